The second-order valence-corrected chi connectivity index (χ2v) is 8.38. The first-order valence-electron chi connectivity index (χ1n) is 10.6. The van der Waals surface area contributed by atoms with Crippen LogP contribution in [0.4, 0.5) is 5.95 Å². The number of hydrogen-bond acceptors (Lipinski definition) is 9. The molecule has 4 N–H and O–H groups in total. The summed E-state index contributed by atoms with van der Waals surface area (Å²) in [5.74, 6) is 0.0577. The van der Waals surface area contributed by atoms with Crippen molar-refractivity contribution in [2.24, 2.45) is 0 Å². The molecule has 0 atom stereocenters. The van der Waals surface area contributed by atoms with Gasteiger partial charge < -0.3 is 25.3 Å². The Kier molecular flexibility index (Phi) is 9.08. The number of rotatable bonds is 7. The van der Waals surface area contributed by atoms with Crippen molar-refractivity contribution >= 4 is 46.2 Å². The van der Waals surface area contributed by atoms with E-state index in [1.807, 2.05) is 11.9 Å². The van der Waals surface area contributed by atoms with Gasteiger partial charge in [-0.1, -0.05) is 29.3 Å². The Labute approximate surface area is 222 Å². The number of carboxylic acids is 1. The van der Waals surface area contributed by atoms with Gasteiger partial charge in [-0.05, 0) is 13.1 Å². The third-order valence-electron chi connectivity index (χ3n) is 5.13. The van der Waals surface area contributed by atoms with Gasteiger partial charge in [0.1, 0.15) is 17.0 Å². The van der Waals surface area contributed by atoms with Crippen LogP contribution in [0.3, 0.4) is 0 Å². The van der Waals surface area contributed by atoms with Gasteiger partial charge in [-0.15, -0.1) is 0 Å². The number of carbonyl (C=O) groups is 1. The highest BCUT2D eigenvalue weighted by molar-refractivity contribution is 6.41. The maximum Gasteiger partial charge on any atom is 0.337 e. The summed E-state index contributed by atoms with van der Waals surface area (Å²) in [6.45, 7) is 1.07. The fraction of sp³-hybridized carbons (Fsp3) is 0.208. The first kappa shape index (κ1) is 27.5. The molecule has 0 bridgehead atoms. The normalized spacial score (nSPS) is 10.5. The molecule has 0 saturated heterocycles. The standard InChI is InChI=1S/C17H12Cl2N2O4.C7H11N5/c1-24-10-7-11(25-2)14(19)12(13(10)18)8-3-4-9(17(22)23)16-15(8)20-5-6-21-16;1-12(3-2-8)5-6-4-10-7(9)11-6/h3-7H,1-2H3,(H,22,23);4H,3,5H2,1H3,(H3,9,10,11). The Balaban J connectivity index is 0.000000266. The summed E-state index contributed by atoms with van der Waals surface area (Å²) >= 11 is 12.9. The number of aromatic carboxylic acids is 1. The molecule has 2 heterocycles. The van der Waals surface area contributed by atoms with Gasteiger partial charge in [-0.3, -0.25) is 14.9 Å². The molecule has 0 fully saturated rings. The molecule has 0 unspecified atom stereocenters. The number of nitriles is 1. The number of ether oxygens (including phenoxy) is 2. The van der Waals surface area contributed by atoms with Gasteiger partial charge in [0.2, 0.25) is 0 Å². The SMILES string of the molecule is CN(CC#N)Cc1cnc(N)[nH]1.COc1cc(OC)c(Cl)c(-c2ccc(C(=O)O)c3nccnc23)c1Cl. The van der Waals surface area contributed by atoms with Crippen LogP contribution in [0.2, 0.25) is 10.0 Å². The van der Waals surface area contributed by atoms with Gasteiger partial charge in [-0.25, -0.2) is 9.78 Å². The molecule has 0 radical (unpaired) electrons. The van der Waals surface area contributed by atoms with Crippen molar-refractivity contribution < 1.29 is 19.4 Å². The molecular formula is C24H23Cl2N7O4. The number of aromatic amines is 1. The summed E-state index contributed by atoms with van der Waals surface area (Å²) in [5.41, 5.74) is 7.90. The zero-order valence-corrected chi connectivity index (χ0v) is 21.6. The lowest BCUT2D eigenvalue weighted by molar-refractivity contribution is 0.0699. The van der Waals surface area contributed by atoms with E-state index in [-0.39, 0.29) is 21.1 Å². The second kappa shape index (κ2) is 12.2. The van der Waals surface area contributed by atoms with Crippen molar-refractivity contribution in [3.8, 4) is 28.7 Å². The van der Waals surface area contributed by atoms with Gasteiger partial charge in [0, 0.05) is 36.1 Å². The molecule has 0 amide bonds. The third kappa shape index (κ3) is 6.18. The first-order chi connectivity index (χ1) is 17.7. The monoisotopic (exact) mass is 543 g/mol. The summed E-state index contributed by atoms with van der Waals surface area (Å²) in [6, 6.07) is 6.66. The summed E-state index contributed by atoms with van der Waals surface area (Å²) in [6.07, 6.45) is 4.56. The Morgan fingerprint density at radius 3 is 2.27 bits per heavy atom. The molecule has 4 rings (SSSR count). The van der Waals surface area contributed by atoms with Crippen molar-refractivity contribution in [3.63, 3.8) is 0 Å². The zero-order chi connectivity index (χ0) is 27.1. The lowest BCUT2D eigenvalue weighted by Gasteiger charge is -2.16. The number of nitrogens with zero attached hydrogens (tertiary/aromatic N) is 5. The molecule has 13 heteroatoms. The molecule has 192 valence electrons. The van der Waals surface area contributed by atoms with Gasteiger partial charge >= 0.3 is 5.97 Å². The number of H-pyrrole nitrogens is 1. The second-order valence-electron chi connectivity index (χ2n) is 7.63. The number of hydrogen-bond donors (Lipinski definition) is 3. The average Bonchev–Trinajstić information content (AvgIpc) is 3.28. The minimum absolute atomic E-state index is 0.0361. The fourth-order valence-electron chi connectivity index (χ4n) is 3.48. The van der Waals surface area contributed by atoms with Gasteiger partial charge in [-0.2, -0.15) is 5.26 Å². The summed E-state index contributed by atoms with van der Waals surface area (Å²) in [7, 11) is 4.81. The van der Waals surface area contributed by atoms with Crippen LogP contribution in [-0.2, 0) is 6.54 Å². The van der Waals surface area contributed by atoms with Gasteiger partial charge in [0.15, 0.2) is 5.95 Å². The van der Waals surface area contributed by atoms with Crippen LogP contribution in [0.15, 0.2) is 36.8 Å². The number of imidazole rings is 1. The number of aromatic nitrogens is 4. The number of nitrogen functional groups attached to an aromatic ring is 1. The molecular weight excluding hydrogens is 521 g/mol. The van der Waals surface area contributed by atoms with Crippen molar-refractivity contribution in [1.29, 1.82) is 5.26 Å². The minimum atomic E-state index is -1.10. The highest BCUT2D eigenvalue weighted by atomic mass is 35.5. The molecule has 2 aromatic heterocycles. The van der Waals surface area contributed by atoms with Crippen molar-refractivity contribution in [2.45, 2.75) is 6.54 Å². The van der Waals surface area contributed by atoms with Crippen molar-refractivity contribution in [3.05, 3.63) is 58.1 Å². The molecule has 0 aliphatic heterocycles. The van der Waals surface area contributed by atoms with Gasteiger partial charge in [0.05, 0.1) is 59.8 Å². The van der Waals surface area contributed by atoms with E-state index in [1.54, 1.807) is 18.3 Å². The largest absolute Gasteiger partial charge is 0.495 e. The topological polar surface area (TPSA) is 163 Å². The predicted molar refractivity (Wildman–Crippen MR) is 140 cm³/mol. The number of nitrogens with two attached hydrogens (primary N) is 1. The van der Waals surface area contributed by atoms with Crippen LogP contribution in [0.5, 0.6) is 11.5 Å². The average molecular weight is 544 g/mol. The fourth-order valence-corrected chi connectivity index (χ4v) is 4.18. The van der Waals surface area contributed by atoms with Crippen LogP contribution in [-0.4, -0.2) is 63.7 Å². The molecule has 0 spiro atoms. The zero-order valence-electron chi connectivity index (χ0n) is 20.1. The van der Waals surface area contributed by atoms with E-state index in [9.17, 15) is 9.90 Å². The number of nitrogens with one attached hydrogen (secondary N) is 1. The number of fused-ring (bicyclic) bond motifs is 1. The quantitative estimate of drug-likeness (QED) is 0.286. The van der Waals surface area contributed by atoms with E-state index in [2.05, 4.69) is 26.0 Å². The van der Waals surface area contributed by atoms with Crippen LogP contribution in [0.1, 0.15) is 16.1 Å². The van der Waals surface area contributed by atoms with E-state index in [0.29, 0.717) is 47.2 Å². The molecule has 0 aliphatic carbocycles. The Hall–Kier alpha value is -4.11. The maximum atomic E-state index is 11.4. The molecule has 11 nitrogen and oxygen atoms in total. The van der Waals surface area contributed by atoms with Crippen molar-refractivity contribution in [2.75, 3.05) is 33.5 Å². The van der Waals surface area contributed by atoms with E-state index >= 15 is 0 Å². The van der Waals surface area contributed by atoms with E-state index in [4.69, 9.17) is 43.7 Å². The maximum absolute atomic E-state index is 11.4. The predicted octanol–water partition coefficient (Wildman–Crippen LogP) is 4.27. The number of benzene rings is 2. The highest BCUT2D eigenvalue weighted by Gasteiger charge is 2.22. The molecule has 0 aliphatic rings. The van der Waals surface area contributed by atoms with Crippen LogP contribution < -0.4 is 15.2 Å². The summed E-state index contributed by atoms with van der Waals surface area (Å²) in [4.78, 5) is 28.4. The molecule has 2 aromatic carbocycles. The van der Waals surface area contributed by atoms with E-state index in [0.717, 1.165) is 5.69 Å². The first-order valence-corrected chi connectivity index (χ1v) is 11.4. The summed E-state index contributed by atoms with van der Waals surface area (Å²) in [5, 5.41) is 18.3. The number of carboxylic acid groups (broad SMARTS) is 1. The van der Waals surface area contributed by atoms with Crippen LogP contribution in [0, 0.1) is 11.3 Å². The molecule has 4 aromatic rings. The number of halogens is 2. The smallest absolute Gasteiger partial charge is 0.337 e. The lowest BCUT2D eigenvalue weighted by atomic mass is 10.00. The van der Waals surface area contributed by atoms with Crippen LogP contribution >= 0.6 is 23.2 Å². The van der Waals surface area contributed by atoms with Gasteiger partial charge in [0.25, 0.3) is 0 Å². The van der Waals surface area contributed by atoms with E-state index in [1.165, 1.54) is 32.7 Å². The molecule has 0 saturated carbocycles. The Bertz CT molecular complexity index is 1440. The number of anilines is 1. The Morgan fingerprint density at radius 1 is 1.14 bits per heavy atom. The van der Waals surface area contributed by atoms with Crippen molar-refractivity contribution in [1.82, 2.24) is 24.8 Å². The van der Waals surface area contributed by atoms with E-state index < -0.39 is 5.97 Å². The third-order valence-corrected chi connectivity index (χ3v) is 5.88. The lowest BCUT2D eigenvalue weighted by Crippen LogP contribution is -2.17. The Morgan fingerprint density at radius 2 is 1.76 bits per heavy atom. The summed E-state index contributed by atoms with van der Waals surface area (Å²) < 4.78 is 10.6. The minimum Gasteiger partial charge on any atom is -0.495 e. The van der Waals surface area contributed by atoms with Crippen LogP contribution in [0.25, 0.3) is 22.2 Å². The highest BCUT2D eigenvalue weighted by Crippen LogP contribution is 2.47. The number of methoxy groups -OCH3 is 2. The molecule has 37 heavy (non-hydrogen) atoms.